The molecule has 0 aliphatic rings. The Morgan fingerprint density at radius 3 is 2.45 bits per heavy atom. The number of hydrogen-bond acceptors (Lipinski definition) is 4. The van der Waals surface area contributed by atoms with E-state index in [1.165, 1.54) is 11.1 Å². The Balaban J connectivity index is 2.18. The van der Waals surface area contributed by atoms with Crippen LogP contribution in [0.1, 0.15) is 16.7 Å². The topological polar surface area (TPSA) is 42.8 Å². The average Bonchev–Trinajstić information content (AvgIpc) is 2.52. The van der Waals surface area contributed by atoms with E-state index in [-0.39, 0.29) is 0 Å². The van der Waals surface area contributed by atoms with Crippen LogP contribution in [0.2, 0.25) is 0 Å². The minimum absolute atomic E-state index is 0.651. The molecule has 0 unspecified atom stereocenters. The molecule has 0 aliphatic heterocycles. The molecule has 0 spiro atoms. The Labute approximate surface area is 139 Å². The molecule has 5 heteroatoms. The summed E-state index contributed by atoms with van der Waals surface area (Å²) in [4.78, 5) is 0. The van der Waals surface area contributed by atoms with Gasteiger partial charge in [0.15, 0.2) is 11.5 Å². The highest BCUT2D eigenvalue weighted by atomic mass is 79.9. The molecule has 4 nitrogen and oxygen atoms in total. The maximum atomic E-state index is 5.35. The predicted octanol–water partition coefficient (Wildman–Crippen LogP) is 4.53. The van der Waals surface area contributed by atoms with Crippen molar-refractivity contribution < 1.29 is 9.47 Å². The Morgan fingerprint density at radius 2 is 1.82 bits per heavy atom. The van der Waals surface area contributed by atoms with E-state index in [2.05, 4.69) is 52.4 Å². The van der Waals surface area contributed by atoms with Gasteiger partial charge in [0.05, 0.1) is 30.6 Å². The number of halogens is 1. The molecule has 22 heavy (non-hydrogen) atoms. The molecule has 0 radical (unpaired) electrons. The summed E-state index contributed by atoms with van der Waals surface area (Å²) in [6, 6.07) is 9.90. The minimum Gasteiger partial charge on any atom is -0.493 e. The fraction of sp³-hybridized carbons (Fsp3) is 0.235. The van der Waals surface area contributed by atoms with Gasteiger partial charge in [0.1, 0.15) is 0 Å². The highest BCUT2D eigenvalue weighted by molar-refractivity contribution is 9.10. The van der Waals surface area contributed by atoms with Gasteiger partial charge in [0, 0.05) is 5.56 Å². The molecule has 0 bridgehead atoms. The van der Waals surface area contributed by atoms with Gasteiger partial charge in [-0.2, -0.15) is 5.10 Å². The molecule has 1 N–H and O–H groups in total. The molecule has 2 aromatic carbocycles. The van der Waals surface area contributed by atoms with Gasteiger partial charge in [-0.1, -0.05) is 6.07 Å². The lowest BCUT2D eigenvalue weighted by atomic mass is 10.1. The second-order valence-corrected chi connectivity index (χ2v) is 5.67. The summed E-state index contributed by atoms with van der Waals surface area (Å²) in [5.41, 5.74) is 7.37. The van der Waals surface area contributed by atoms with Crippen molar-refractivity contribution in [1.29, 1.82) is 0 Å². The number of ether oxygens (including phenoxy) is 2. The summed E-state index contributed by atoms with van der Waals surface area (Å²) < 4.78 is 11.4. The van der Waals surface area contributed by atoms with Crippen LogP contribution in [0.4, 0.5) is 5.69 Å². The smallest absolute Gasteiger partial charge is 0.175 e. The lowest BCUT2D eigenvalue weighted by molar-refractivity contribution is 0.353. The summed E-state index contributed by atoms with van der Waals surface area (Å²) in [5.74, 6) is 1.33. The molecular weight excluding hydrogens is 344 g/mol. The van der Waals surface area contributed by atoms with Crippen LogP contribution < -0.4 is 14.9 Å². The van der Waals surface area contributed by atoms with Crippen LogP contribution in [-0.4, -0.2) is 20.4 Å². The second kappa shape index (κ2) is 7.31. The molecule has 2 aromatic rings. The van der Waals surface area contributed by atoms with Gasteiger partial charge in [-0.05, 0) is 65.2 Å². The fourth-order valence-electron chi connectivity index (χ4n) is 1.99. The molecule has 0 aromatic heterocycles. The Bertz CT molecular complexity index is 699. The van der Waals surface area contributed by atoms with Crippen LogP contribution in [0.25, 0.3) is 0 Å². The van der Waals surface area contributed by atoms with Gasteiger partial charge in [0.2, 0.25) is 0 Å². The molecule has 0 saturated heterocycles. The summed E-state index contributed by atoms with van der Waals surface area (Å²) >= 11 is 3.52. The number of anilines is 1. The molecule has 0 fully saturated rings. The Morgan fingerprint density at radius 1 is 1.05 bits per heavy atom. The van der Waals surface area contributed by atoms with Crippen LogP contribution in [0.5, 0.6) is 11.5 Å². The van der Waals surface area contributed by atoms with Crippen molar-refractivity contribution in [2.45, 2.75) is 13.8 Å². The number of methoxy groups -OCH3 is 2. The van der Waals surface area contributed by atoms with E-state index in [4.69, 9.17) is 9.47 Å². The van der Waals surface area contributed by atoms with E-state index < -0.39 is 0 Å². The molecular formula is C17H19BrN2O2. The Kier molecular flexibility index (Phi) is 5.44. The van der Waals surface area contributed by atoms with Crippen LogP contribution in [-0.2, 0) is 0 Å². The molecule has 0 atom stereocenters. The van der Waals surface area contributed by atoms with Gasteiger partial charge in [-0.25, -0.2) is 0 Å². The summed E-state index contributed by atoms with van der Waals surface area (Å²) in [6.07, 6.45) is 1.74. The highest BCUT2D eigenvalue weighted by Gasteiger charge is 2.11. The third-order valence-corrected chi connectivity index (χ3v) is 4.24. The molecule has 0 saturated carbocycles. The first-order valence-electron chi connectivity index (χ1n) is 6.83. The van der Waals surface area contributed by atoms with Crippen molar-refractivity contribution in [2.75, 3.05) is 19.6 Å². The summed E-state index contributed by atoms with van der Waals surface area (Å²) in [5, 5.41) is 4.27. The zero-order valence-corrected chi connectivity index (χ0v) is 14.7. The van der Waals surface area contributed by atoms with E-state index in [0.717, 1.165) is 15.7 Å². The van der Waals surface area contributed by atoms with E-state index in [9.17, 15) is 0 Å². The van der Waals surface area contributed by atoms with Gasteiger partial charge in [-0.15, -0.1) is 0 Å². The van der Waals surface area contributed by atoms with Crippen molar-refractivity contribution in [3.05, 3.63) is 51.5 Å². The van der Waals surface area contributed by atoms with E-state index in [0.29, 0.717) is 11.5 Å². The van der Waals surface area contributed by atoms with Crippen molar-refractivity contribution in [1.82, 2.24) is 0 Å². The number of rotatable bonds is 5. The largest absolute Gasteiger partial charge is 0.493 e. The number of aryl methyl sites for hydroxylation is 2. The van der Waals surface area contributed by atoms with E-state index in [1.807, 2.05) is 18.2 Å². The first-order chi connectivity index (χ1) is 10.6. The van der Waals surface area contributed by atoms with Gasteiger partial charge >= 0.3 is 0 Å². The quantitative estimate of drug-likeness (QED) is 0.627. The average molecular weight is 363 g/mol. The minimum atomic E-state index is 0.651. The third kappa shape index (κ3) is 3.60. The Hall–Kier alpha value is -2.01. The van der Waals surface area contributed by atoms with E-state index in [1.54, 1.807) is 20.4 Å². The lowest BCUT2D eigenvalue weighted by Gasteiger charge is -2.11. The molecule has 0 heterocycles. The number of hydrogen-bond donors (Lipinski definition) is 1. The molecule has 116 valence electrons. The van der Waals surface area contributed by atoms with Crippen LogP contribution >= 0.6 is 15.9 Å². The number of nitrogens with one attached hydrogen (secondary N) is 1. The van der Waals surface area contributed by atoms with Crippen molar-refractivity contribution in [3.8, 4) is 11.5 Å². The van der Waals surface area contributed by atoms with Crippen molar-refractivity contribution in [2.24, 2.45) is 5.10 Å². The van der Waals surface area contributed by atoms with Gasteiger partial charge < -0.3 is 9.47 Å². The van der Waals surface area contributed by atoms with Crippen molar-refractivity contribution in [3.63, 3.8) is 0 Å². The van der Waals surface area contributed by atoms with Crippen LogP contribution in [0.3, 0.4) is 0 Å². The number of hydrazone groups is 1. The monoisotopic (exact) mass is 362 g/mol. The molecule has 0 amide bonds. The summed E-state index contributed by atoms with van der Waals surface area (Å²) in [6.45, 7) is 4.16. The third-order valence-electron chi connectivity index (χ3n) is 3.42. The van der Waals surface area contributed by atoms with Crippen LogP contribution in [0, 0.1) is 13.8 Å². The SMILES string of the molecule is COc1ccc(/C=N/Nc2ccc(C)c(C)c2)c(Br)c1OC. The normalized spacial score (nSPS) is 10.8. The van der Waals surface area contributed by atoms with Crippen LogP contribution in [0.15, 0.2) is 39.9 Å². The fourth-order valence-corrected chi connectivity index (χ4v) is 2.58. The predicted molar refractivity (Wildman–Crippen MR) is 94.4 cm³/mol. The van der Waals surface area contributed by atoms with Crippen molar-refractivity contribution >= 4 is 27.8 Å². The standard InChI is InChI=1S/C17H19BrN2O2/c1-11-5-7-14(9-12(11)2)20-19-10-13-6-8-15(21-3)17(22-4)16(13)18/h5-10,20H,1-4H3/b19-10+. The molecule has 2 rings (SSSR count). The zero-order valence-electron chi connectivity index (χ0n) is 13.1. The van der Waals surface area contributed by atoms with Gasteiger partial charge in [0.25, 0.3) is 0 Å². The summed E-state index contributed by atoms with van der Waals surface area (Å²) in [7, 11) is 3.22. The molecule has 0 aliphatic carbocycles. The highest BCUT2D eigenvalue weighted by Crippen LogP contribution is 2.36. The zero-order chi connectivity index (χ0) is 16.1. The number of benzene rings is 2. The van der Waals surface area contributed by atoms with E-state index >= 15 is 0 Å². The lowest BCUT2D eigenvalue weighted by Crippen LogP contribution is -1.96. The van der Waals surface area contributed by atoms with Gasteiger partial charge in [-0.3, -0.25) is 5.43 Å². The maximum absolute atomic E-state index is 5.35. The maximum Gasteiger partial charge on any atom is 0.175 e. The number of nitrogens with zero attached hydrogens (tertiary/aromatic N) is 1. The second-order valence-electron chi connectivity index (χ2n) is 4.87. The first-order valence-corrected chi connectivity index (χ1v) is 7.63. The first kappa shape index (κ1) is 16.4.